The highest BCUT2D eigenvalue weighted by molar-refractivity contribution is 6.74. The Hall–Kier alpha value is -1.14. The first-order chi connectivity index (χ1) is 9.49. The lowest BCUT2D eigenvalue weighted by Crippen LogP contribution is -2.55. The molecule has 0 aliphatic carbocycles. The topological polar surface area (TPSA) is 64.6 Å². The largest absolute Gasteiger partial charge is 0.463 e. The number of esters is 1. The summed E-state index contributed by atoms with van der Waals surface area (Å²) in [6.07, 6.45) is 1.10. The molecule has 1 aliphatic rings. The quantitative estimate of drug-likeness (QED) is 0.367. The summed E-state index contributed by atoms with van der Waals surface area (Å²) in [5, 5.41) is 2.72. The number of hydrogen-bond donors (Lipinski definition) is 1. The summed E-state index contributed by atoms with van der Waals surface area (Å²) in [5.41, 5.74) is 0.588. The fourth-order valence-electron chi connectivity index (χ4n) is 1.97. The predicted octanol–water partition coefficient (Wildman–Crippen LogP) is 2.59. The van der Waals surface area contributed by atoms with Crippen molar-refractivity contribution in [3.8, 4) is 0 Å². The molecule has 0 bridgehead atoms. The third-order valence-electron chi connectivity index (χ3n) is 4.20. The van der Waals surface area contributed by atoms with E-state index in [0.717, 1.165) is 0 Å². The Bertz CT molecular complexity index is 451. The van der Waals surface area contributed by atoms with Crippen LogP contribution in [0.1, 0.15) is 34.6 Å². The molecule has 0 spiro atoms. The maximum Gasteiger partial charge on any atom is 0.332 e. The number of carbonyl (C=O) groups excluding carboxylic acids is 2. The van der Waals surface area contributed by atoms with Gasteiger partial charge in [0.05, 0.1) is 12.7 Å². The number of carbonyl (C=O) groups is 2. The second-order valence-electron chi connectivity index (χ2n) is 6.90. The van der Waals surface area contributed by atoms with Gasteiger partial charge in [0.25, 0.3) is 0 Å². The van der Waals surface area contributed by atoms with E-state index in [1.807, 2.05) is 6.92 Å². The lowest BCUT2D eigenvalue weighted by Gasteiger charge is -2.42. The molecule has 0 saturated carbocycles. The van der Waals surface area contributed by atoms with Crippen molar-refractivity contribution in [3.05, 3.63) is 11.8 Å². The number of nitrogens with one attached hydrogen (secondary N) is 1. The number of ether oxygens (including phenoxy) is 1. The van der Waals surface area contributed by atoms with Crippen LogP contribution in [0.4, 0.5) is 0 Å². The van der Waals surface area contributed by atoms with Crippen LogP contribution in [-0.4, -0.2) is 32.9 Å². The van der Waals surface area contributed by atoms with Gasteiger partial charge in [-0.3, -0.25) is 4.79 Å². The molecule has 1 heterocycles. The van der Waals surface area contributed by atoms with Gasteiger partial charge < -0.3 is 14.5 Å². The molecule has 0 aromatic heterocycles. The summed E-state index contributed by atoms with van der Waals surface area (Å²) < 4.78 is 11.1. The Balaban J connectivity index is 2.79. The molecule has 1 N–H and O–H groups in total. The molecule has 0 unspecified atom stereocenters. The summed E-state index contributed by atoms with van der Waals surface area (Å²) in [7, 11) is -1.95. The van der Waals surface area contributed by atoms with Crippen molar-refractivity contribution in [1.82, 2.24) is 5.32 Å². The number of hydrogen-bond acceptors (Lipinski definition) is 4. The van der Waals surface area contributed by atoms with E-state index in [0.29, 0.717) is 12.3 Å². The van der Waals surface area contributed by atoms with Crippen LogP contribution >= 0.6 is 0 Å². The predicted molar refractivity (Wildman–Crippen MR) is 84.1 cm³/mol. The van der Waals surface area contributed by atoms with Gasteiger partial charge in [-0.15, -0.1) is 0 Å². The first kappa shape index (κ1) is 17.9. The van der Waals surface area contributed by atoms with Crippen molar-refractivity contribution in [2.24, 2.45) is 5.92 Å². The maximum atomic E-state index is 11.8. The third-order valence-corrected chi connectivity index (χ3v) is 8.77. The highest BCUT2D eigenvalue weighted by Crippen LogP contribution is 2.39. The van der Waals surface area contributed by atoms with Crippen molar-refractivity contribution >= 4 is 20.2 Å². The molecule has 1 aliphatic heterocycles. The lowest BCUT2D eigenvalue weighted by molar-refractivity contribution is -0.137. The van der Waals surface area contributed by atoms with Gasteiger partial charge in [-0.2, -0.15) is 0 Å². The number of amides is 1. The van der Waals surface area contributed by atoms with Crippen LogP contribution in [0, 0.1) is 5.92 Å². The molecular weight excluding hydrogens is 286 g/mol. The van der Waals surface area contributed by atoms with Gasteiger partial charge >= 0.3 is 5.97 Å². The SMILES string of the molecule is CCOC(=O)/C=C1\NC(=O)[C@@H]1[C@@H](C)O[Si](C)(C)C(C)(C)C. The highest BCUT2D eigenvalue weighted by Gasteiger charge is 2.45. The van der Waals surface area contributed by atoms with E-state index in [2.05, 4.69) is 39.2 Å². The van der Waals surface area contributed by atoms with E-state index < -0.39 is 20.2 Å². The molecule has 1 fully saturated rings. The Kier molecular flexibility index (Phi) is 5.39. The maximum absolute atomic E-state index is 11.8. The van der Waals surface area contributed by atoms with Crippen molar-refractivity contribution in [3.63, 3.8) is 0 Å². The van der Waals surface area contributed by atoms with E-state index >= 15 is 0 Å². The second-order valence-corrected chi connectivity index (χ2v) is 11.7. The van der Waals surface area contributed by atoms with Gasteiger partial charge in [0, 0.05) is 11.8 Å². The molecule has 0 aromatic carbocycles. The van der Waals surface area contributed by atoms with Crippen LogP contribution < -0.4 is 5.32 Å². The Labute approximate surface area is 128 Å². The summed E-state index contributed by atoms with van der Waals surface area (Å²) in [4.78, 5) is 23.3. The molecule has 0 aromatic rings. The fourth-order valence-corrected chi connectivity index (χ4v) is 3.39. The minimum Gasteiger partial charge on any atom is -0.463 e. The molecule has 1 saturated heterocycles. The standard InChI is InChI=1S/C15H27NO4Si/c1-8-19-12(17)9-11-13(14(18)16-11)10(2)20-21(6,7)15(3,4)5/h9-10,13H,8H2,1-7H3,(H,16,18)/b11-9-/t10-,13-/m1/s1. The summed E-state index contributed by atoms with van der Waals surface area (Å²) in [6.45, 7) is 14.7. The molecule has 6 heteroatoms. The van der Waals surface area contributed by atoms with Gasteiger partial charge in [-0.05, 0) is 32.0 Å². The van der Waals surface area contributed by atoms with Crippen LogP contribution in [0.25, 0.3) is 0 Å². The van der Waals surface area contributed by atoms with E-state index in [9.17, 15) is 9.59 Å². The van der Waals surface area contributed by atoms with Crippen LogP contribution in [0.15, 0.2) is 11.8 Å². The van der Waals surface area contributed by atoms with E-state index in [1.54, 1.807) is 6.92 Å². The average molecular weight is 313 g/mol. The van der Waals surface area contributed by atoms with Crippen LogP contribution in [0.5, 0.6) is 0 Å². The van der Waals surface area contributed by atoms with E-state index in [4.69, 9.17) is 9.16 Å². The molecule has 1 rings (SSSR count). The van der Waals surface area contributed by atoms with Crippen molar-refractivity contribution in [1.29, 1.82) is 0 Å². The number of β-lactam (4-membered cyclic amide) rings is 1. The first-order valence-electron chi connectivity index (χ1n) is 7.36. The lowest BCUT2D eigenvalue weighted by atomic mass is 9.91. The summed E-state index contributed by atoms with van der Waals surface area (Å²) >= 11 is 0. The van der Waals surface area contributed by atoms with Crippen LogP contribution in [0.3, 0.4) is 0 Å². The zero-order chi connectivity index (χ0) is 16.4. The fraction of sp³-hybridized carbons (Fsp3) is 0.733. The molecule has 5 nitrogen and oxygen atoms in total. The highest BCUT2D eigenvalue weighted by atomic mass is 28.4. The molecule has 0 radical (unpaired) electrons. The Morgan fingerprint density at radius 1 is 1.43 bits per heavy atom. The second kappa shape index (κ2) is 6.32. The van der Waals surface area contributed by atoms with Crippen molar-refractivity contribution in [2.75, 3.05) is 6.61 Å². The van der Waals surface area contributed by atoms with Crippen molar-refractivity contribution < 1.29 is 18.8 Å². The normalized spacial score (nSPS) is 22.5. The third kappa shape index (κ3) is 4.17. The van der Waals surface area contributed by atoms with Gasteiger partial charge in [-0.1, -0.05) is 20.8 Å². The van der Waals surface area contributed by atoms with Gasteiger partial charge in [0.2, 0.25) is 5.91 Å². The molecule has 21 heavy (non-hydrogen) atoms. The monoisotopic (exact) mass is 313 g/mol. The van der Waals surface area contributed by atoms with E-state index in [-0.39, 0.29) is 17.0 Å². The van der Waals surface area contributed by atoms with E-state index in [1.165, 1.54) is 6.08 Å². The van der Waals surface area contributed by atoms with Gasteiger partial charge in [0.1, 0.15) is 5.92 Å². The zero-order valence-corrected chi connectivity index (χ0v) is 15.1. The average Bonchev–Trinajstić information content (AvgIpc) is 2.25. The molecular formula is C15H27NO4Si. The molecule has 2 atom stereocenters. The Morgan fingerprint density at radius 2 is 2.00 bits per heavy atom. The van der Waals surface area contributed by atoms with Crippen LogP contribution in [0.2, 0.25) is 18.1 Å². The zero-order valence-electron chi connectivity index (χ0n) is 14.1. The minimum atomic E-state index is -1.95. The Morgan fingerprint density at radius 3 is 2.43 bits per heavy atom. The van der Waals surface area contributed by atoms with Gasteiger partial charge in [-0.25, -0.2) is 4.79 Å². The molecule has 120 valence electrons. The minimum absolute atomic E-state index is 0.0759. The van der Waals surface area contributed by atoms with Gasteiger partial charge in [0.15, 0.2) is 8.32 Å². The molecule has 1 amide bonds. The first-order valence-corrected chi connectivity index (χ1v) is 10.3. The van der Waals surface area contributed by atoms with Crippen molar-refractivity contribution in [2.45, 2.75) is 58.9 Å². The smallest absolute Gasteiger partial charge is 0.332 e. The van der Waals surface area contributed by atoms with Crippen LogP contribution in [-0.2, 0) is 18.8 Å². The summed E-state index contributed by atoms with van der Waals surface area (Å²) in [6, 6.07) is 0. The summed E-state index contributed by atoms with van der Waals surface area (Å²) in [5.74, 6) is -0.933. The number of rotatable bonds is 5.